The van der Waals surface area contributed by atoms with Gasteiger partial charge >= 0.3 is 5.97 Å². The molecule has 146 valence electrons. The van der Waals surface area contributed by atoms with Gasteiger partial charge < -0.3 is 10.4 Å². The Kier molecular flexibility index (Phi) is 5.51. The third kappa shape index (κ3) is 3.59. The number of aliphatic carboxylic acids is 1. The molecular weight excluding hydrogens is 420 g/mol. The zero-order chi connectivity index (χ0) is 19.7. The zero-order valence-corrected chi connectivity index (χ0v) is 17.0. The van der Waals surface area contributed by atoms with Crippen LogP contribution >= 0.6 is 15.9 Å². The van der Waals surface area contributed by atoms with E-state index in [-0.39, 0.29) is 18.0 Å². The minimum absolute atomic E-state index is 0.0846. The number of carboxylic acid groups (broad SMARTS) is 1. The first-order chi connectivity index (χ1) is 13.6. The molecule has 0 radical (unpaired) electrons. The van der Waals surface area contributed by atoms with Gasteiger partial charge in [0.15, 0.2) is 0 Å². The maximum Gasteiger partial charge on any atom is 0.308 e. The van der Waals surface area contributed by atoms with Gasteiger partial charge in [0.1, 0.15) is 0 Å². The number of nitrogens with zero attached hydrogens (tertiary/aromatic N) is 1. The fourth-order valence-electron chi connectivity index (χ4n) is 4.77. The number of hydrogen-bond donors (Lipinski definition) is 2. The molecule has 0 spiro atoms. The number of benzene rings is 2. The molecule has 5 nitrogen and oxygen atoms in total. The second-order valence-electron chi connectivity index (χ2n) is 7.54. The Bertz CT molecular complexity index is 856. The summed E-state index contributed by atoms with van der Waals surface area (Å²) in [4.78, 5) is 27.6. The number of halogens is 1. The topological polar surface area (TPSA) is 69.6 Å². The van der Waals surface area contributed by atoms with Crippen molar-refractivity contribution in [2.45, 2.75) is 31.5 Å². The number of amides is 1. The van der Waals surface area contributed by atoms with Crippen molar-refractivity contribution in [3.05, 3.63) is 70.2 Å². The van der Waals surface area contributed by atoms with Crippen molar-refractivity contribution in [1.82, 2.24) is 10.2 Å². The normalized spacial score (nSPS) is 26.8. The average Bonchev–Trinajstić information content (AvgIpc) is 3.28. The van der Waals surface area contributed by atoms with E-state index in [1.54, 1.807) is 0 Å². The summed E-state index contributed by atoms with van der Waals surface area (Å²) in [6.07, 6.45) is 1.80. The predicted octanol–water partition coefficient (Wildman–Crippen LogP) is 3.60. The number of fused-ring (bicyclic) bond motifs is 1. The molecule has 0 unspecified atom stereocenters. The summed E-state index contributed by atoms with van der Waals surface area (Å²) >= 11 is 3.45. The van der Waals surface area contributed by atoms with E-state index in [0.717, 1.165) is 35.0 Å². The third-order valence-corrected chi connectivity index (χ3v) is 6.48. The number of nitrogens with one attached hydrogen (secondary N) is 1. The monoisotopic (exact) mass is 442 g/mol. The van der Waals surface area contributed by atoms with Gasteiger partial charge in [-0.3, -0.25) is 14.5 Å². The summed E-state index contributed by atoms with van der Waals surface area (Å²) in [5.74, 6) is -2.35. The predicted molar refractivity (Wildman–Crippen MR) is 110 cm³/mol. The SMILES string of the molecule is O=C(O)[C@@H]1[C@H](C(=O)NCc2ccccc2)[C@H](c2ccc(Br)cc2)N2CCC[C@@H]12. The molecule has 2 aromatic rings. The molecule has 0 aromatic heterocycles. The van der Waals surface area contributed by atoms with E-state index < -0.39 is 17.8 Å². The number of carboxylic acids is 1. The largest absolute Gasteiger partial charge is 0.481 e. The summed E-state index contributed by atoms with van der Waals surface area (Å²) in [5.41, 5.74) is 2.00. The number of hydrogen-bond acceptors (Lipinski definition) is 3. The second kappa shape index (κ2) is 8.05. The van der Waals surface area contributed by atoms with Crippen molar-refractivity contribution in [1.29, 1.82) is 0 Å². The van der Waals surface area contributed by atoms with Crippen molar-refractivity contribution in [3.63, 3.8) is 0 Å². The fraction of sp³-hybridized carbons (Fsp3) is 0.364. The highest BCUT2D eigenvalue weighted by Gasteiger charge is 2.56. The first kappa shape index (κ1) is 19.2. The van der Waals surface area contributed by atoms with Gasteiger partial charge in [0.25, 0.3) is 0 Å². The summed E-state index contributed by atoms with van der Waals surface area (Å²) < 4.78 is 0.965. The Labute approximate surface area is 172 Å². The Hall–Kier alpha value is -2.18. The zero-order valence-electron chi connectivity index (χ0n) is 15.4. The van der Waals surface area contributed by atoms with Crippen LogP contribution in [-0.4, -0.2) is 34.5 Å². The smallest absolute Gasteiger partial charge is 0.308 e. The van der Waals surface area contributed by atoms with Crippen LogP contribution in [0.1, 0.15) is 30.0 Å². The minimum atomic E-state index is -0.878. The standard InChI is InChI=1S/C22H23BrN2O3/c23-16-10-8-15(9-11-16)20-19(18(22(27)28)17-7-4-12-25(17)20)21(26)24-13-14-5-2-1-3-6-14/h1-3,5-6,8-11,17-20H,4,7,12-13H2,(H,24,26)(H,27,28)/t17-,18-,19-,20-/m0/s1. The van der Waals surface area contributed by atoms with Gasteiger partial charge in [-0.15, -0.1) is 0 Å². The van der Waals surface area contributed by atoms with Crippen LogP contribution in [0.2, 0.25) is 0 Å². The first-order valence-corrected chi connectivity index (χ1v) is 10.4. The quantitative estimate of drug-likeness (QED) is 0.741. The average molecular weight is 443 g/mol. The van der Waals surface area contributed by atoms with E-state index in [4.69, 9.17) is 0 Å². The molecule has 2 saturated heterocycles. The molecule has 4 rings (SSSR count). The van der Waals surface area contributed by atoms with Crippen LogP contribution in [0.5, 0.6) is 0 Å². The number of rotatable bonds is 5. The molecule has 6 heteroatoms. The maximum atomic E-state index is 13.2. The molecule has 0 bridgehead atoms. The van der Waals surface area contributed by atoms with Gasteiger partial charge in [-0.2, -0.15) is 0 Å². The first-order valence-electron chi connectivity index (χ1n) is 9.62. The van der Waals surface area contributed by atoms with Gasteiger partial charge in [-0.1, -0.05) is 58.4 Å². The summed E-state index contributed by atoms with van der Waals surface area (Å²) in [5, 5.41) is 12.9. The lowest BCUT2D eigenvalue weighted by Gasteiger charge is -2.27. The van der Waals surface area contributed by atoms with Crippen LogP contribution in [0.4, 0.5) is 0 Å². The lowest BCUT2D eigenvalue weighted by atomic mass is 9.82. The number of carbonyl (C=O) groups is 2. The van der Waals surface area contributed by atoms with E-state index in [2.05, 4.69) is 26.1 Å². The summed E-state index contributed by atoms with van der Waals surface area (Å²) in [6.45, 7) is 1.23. The Balaban J connectivity index is 1.64. The Morgan fingerprint density at radius 2 is 1.79 bits per heavy atom. The Morgan fingerprint density at radius 3 is 2.46 bits per heavy atom. The van der Waals surface area contributed by atoms with Gasteiger partial charge in [0.05, 0.1) is 11.8 Å². The van der Waals surface area contributed by atoms with Crippen molar-refractivity contribution < 1.29 is 14.7 Å². The van der Waals surface area contributed by atoms with Gasteiger partial charge in [0, 0.05) is 23.1 Å². The van der Waals surface area contributed by atoms with Crippen LogP contribution in [0.15, 0.2) is 59.1 Å². The van der Waals surface area contributed by atoms with Crippen LogP contribution in [0.25, 0.3) is 0 Å². The highest BCUT2D eigenvalue weighted by atomic mass is 79.9. The maximum absolute atomic E-state index is 13.2. The highest BCUT2D eigenvalue weighted by Crippen LogP contribution is 2.49. The summed E-state index contributed by atoms with van der Waals surface area (Å²) in [6, 6.07) is 17.3. The molecule has 28 heavy (non-hydrogen) atoms. The van der Waals surface area contributed by atoms with Gasteiger partial charge in [-0.25, -0.2) is 0 Å². The molecule has 4 atom stereocenters. The minimum Gasteiger partial charge on any atom is -0.481 e. The molecule has 0 aliphatic carbocycles. The van der Waals surface area contributed by atoms with Crippen molar-refractivity contribution in [2.75, 3.05) is 6.54 Å². The molecule has 2 aliphatic heterocycles. The van der Waals surface area contributed by atoms with Crippen LogP contribution in [-0.2, 0) is 16.1 Å². The lowest BCUT2D eigenvalue weighted by Crippen LogP contribution is -2.39. The molecule has 1 amide bonds. The van der Waals surface area contributed by atoms with Crippen LogP contribution in [0, 0.1) is 11.8 Å². The Morgan fingerprint density at radius 1 is 1.07 bits per heavy atom. The molecule has 2 heterocycles. The molecule has 2 aliphatic rings. The van der Waals surface area contributed by atoms with Gasteiger partial charge in [-0.05, 0) is 42.6 Å². The molecule has 0 saturated carbocycles. The van der Waals surface area contributed by atoms with E-state index in [0.29, 0.717) is 6.54 Å². The van der Waals surface area contributed by atoms with E-state index in [9.17, 15) is 14.7 Å². The molecule has 2 N–H and O–H groups in total. The van der Waals surface area contributed by atoms with E-state index in [1.807, 2.05) is 54.6 Å². The van der Waals surface area contributed by atoms with Gasteiger partial charge in [0.2, 0.25) is 5.91 Å². The van der Waals surface area contributed by atoms with Crippen molar-refractivity contribution in [2.24, 2.45) is 11.8 Å². The molecule has 2 aromatic carbocycles. The molecule has 2 fully saturated rings. The van der Waals surface area contributed by atoms with E-state index in [1.165, 1.54) is 0 Å². The van der Waals surface area contributed by atoms with E-state index >= 15 is 0 Å². The lowest BCUT2D eigenvalue weighted by molar-refractivity contribution is -0.147. The highest BCUT2D eigenvalue weighted by molar-refractivity contribution is 9.10. The number of carbonyl (C=O) groups excluding carboxylic acids is 1. The van der Waals surface area contributed by atoms with Crippen molar-refractivity contribution >= 4 is 27.8 Å². The van der Waals surface area contributed by atoms with Crippen LogP contribution in [0.3, 0.4) is 0 Å². The van der Waals surface area contributed by atoms with Crippen molar-refractivity contribution in [3.8, 4) is 0 Å². The molecular formula is C22H23BrN2O3. The third-order valence-electron chi connectivity index (χ3n) is 5.95. The summed E-state index contributed by atoms with van der Waals surface area (Å²) in [7, 11) is 0. The fourth-order valence-corrected chi connectivity index (χ4v) is 5.04. The van der Waals surface area contributed by atoms with Crippen LogP contribution < -0.4 is 5.32 Å². The second-order valence-corrected chi connectivity index (χ2v) is 8.45.